The van der Waals surface area contributed by atoms with E-state index < -0.39 is 12.1 Å². The number of halogens is 3. The van der Waals surface area contributed by atoms with Crippen LogP contribution in [0.4, 0.5) is 13.2 Å². The minimum absolute atomic E-state index is 0. The summed E-state index contributed by atoms with van der Waals surface area (Å²) in [6.07, 6.45) is -4.86. The summed E-state index contributed by atoms with van der Waals surface area (Å²) in [6.45, 7) is 0. The van der Waals surface area contributed by atoms with Gasteiger partial charge in [-0.1, -0.05) is 0 Å². The fourth-order valence-corrected chi connectivity index (χ4v) is 0. The van der Waals surface area contributed by atoms with Crippen LogP contribution >= 0.6 is 0 Å². The monoisotopic (exact) mass is 216 g/mol. The van der Waals surface area contributed by atoms with Gasteiger partial charge in [-0.15, -0.1) is 0 Å². The second-order valence-electron chi connectivity index (χ2n) is 0.862. The predicted molar refractivity (Wildman–Crippen MR) is 15.2 cm³/mol. The zero-order chi connectivity index (χ0) is 6.08. The average molecular weight is 216 g/mol. The fraction of sp³-hybridized carbons (Fsp3) is 0.500. The molecule has 2 N–H and O–H groups in total. The smallest absolute Gasteiger partial charge is 0.362 e. The molecule has 0 unspecified atom stereocenters. The number of alkyl halides is 3. The van der Waals surface area contributed by atoms with E-state index in [0.717, 1.165) is 0 Å². The van der Waals surface area contributed by atoms with Gasteiger partial charge < -0.3 is 5.73 Å². The van der Waals surface area contributed by atoms with Gasteiger partial charge in [-0.05, 0) is 0 Å². The van der Waals surface area contributed by atoms with Crippen molar-refractivity contribution in [2.24, 2.45) is 5.73 Å². The van der Waals surface area contributed by atoms with Crippen molar-refractivity contribution in [2.75, 3.05) is 0 Å². The third kappa shape index (κ3) is 4.05. The van der Waals surface area contributed by atoms with Crippen molar-refractivity contribution in [2.45, 2.75) is 6.18 Å². The quantitative estimate of drug-likeness (QED) is 0.570. The molecule has 0 aliphatic rings. The SMILES string of the molecule is NC(=O)C(F)(F)F.[Rh]. The molecule has 0 rings (SSSR count). The number of primary amides is 1. The van der Waals surface area contributed by atoms with Crippen LogP contribution in [0.2, 0.25) is 0 Å². The van der Waals surface area contributed by atoms with E-state index in [1.165, 1.54) is 0 Å². The van der Waals surface area contributed by atoms with Crippen LogP contribution < -0.4 is 5.73 Å². The normalized spacial score (nSPS) is 9.88. The van der Waals surface area contributed by atoms with Crippen LogP contribution in [-0.4, -0.2) is 12.1 Å². The number of rotatable bonds is 0. The minimum Gasteiger partial charge on any atom is -0.362 e. The molecule has 8 heavy (non-hydrogen) atoms. The van der Waals surface area contributed by atoms with Gasteiger partial charge in [0.15, 0.2) is 0 Å². The summed E-state index contributed by atoms with van der Waals surface area (Å²) in [6, 6.07) is 0. The molecular formula is C2H2F3NORh. The van der Waals surface area contributed by atoms with E-state index >= 15 is 0 Å². The standard InChI is InChI=1S/C2H2F3NO.Rh/c3-2(4,5)1(6)7;/h(H2,6,7);. The molecule has 0 fully saturated rings. The third-order valence-corrected chi connectivity index (χ3v) is 0.279. The molecule has 0 aliphatic carbocycles. The van der Waals surface area contributed by atoms with E-state index in [-0.39, 0.29) is 19.5 Å². The molecule has 0 saturated carbocycles. The van der Waals surface area contributed by atoms with Crippen molar-refractivity contribution in [1.29, 1.82) is 0 Å². The Balaban J connectivity index is 0. The van der Waals surface area contributed by atoms with Crippen molar-refractivity contribution in [3.63, 3.8) is 0 Å². The number of hydrogen-bond donors (Lipinski definition) is 1. The zero-order valence-corrected chi connectivity index (χ0v) is 5.09. The Bertz CT molecular complexity index is 89.8. The predicted octanol–water partition coefficient (Wildman–Crippen LogP) is 0.0315. The van der Waals surface area contributed by atoms with E-state index in [1.54, 1.807) is 0 Å². The third-order valence-electron chi connectivity index (χ3n) is 0.279. The van der Waals surface area contributed by atoms with Gasteiger partial charge in [-0.2, -0.15) is 13.2 Å². The van der Waals surface area contributed by atoms with Gasteiger partial charge in [0.2, 0.25) is 0 Å². The first-order valence-electron chi connectivity index (χ1n) is 1.31. The van der Waals surface area contributed by atoms with Gasteiger partial charge in [0.05, 0.1) is 0 Å². The van der Waals surface area contributed by atoms with Crippen LogP contribution in [0.25, 0.3) is 0 Å². The molecule has 0 aromatic rings. The van der Waals surface area contributed by atoms with Crippen LogP contribution in [0.3, 0.4) is 0 Å². The summed E-state index contributed by atoms with van der Waals surface area (Å²) >= 11 is 0. The Morgan fingerprint density at radius 1 is 1.38 bits per heavy atom. The number of amides is 1. The van der Waals surface area contributed by atoms with E-state index in [2.05, 4.69) is 5.73 Å². The Morgan fingerprint density at radius 3 is 1.50 bits per heavy atom. The van der Waals surface area contributed by atoms with Gasteiger partial charge >= 0.3 is 12.1 Å². The molecule has 1 radical (unpaired) electrons. The molecule has 0 aromatic carbocycles. The zero-order valence-electron chi connectivity index (χ0n) is 3.45. The maximum absolute atomic E-state index is 10.7. The van der Waals surface area contributed by atoms with Crippen molar-refractivity contribution in [3.05, 3.63) is 0 Å². The van der Waals surface area contributed by atoms with Gasteiger partial charge in [-0.25, -0.2) is 0 Å². The summed E-state index contributed by atoms with van der Waals surface area (Å²) in [7, 11) is 0. The van der Waals surface area contributed by atoms with Crippen LogP contribution in [0.5, 0.6) is 0 Å². The second kappa shape index (κ2) is 3.02. The van der Waals surface area contributed by atoms with Crippen LogP contribution in [0.15, 0.2) is 0 Å². The van der Waals surface area contributed by atoms with Gasteiger partial charge in [0.25, 0.3) is 0 Å². The van der Waals surface area contributed by atoms with Gasteiger partial charge in [0, 0.05) is 19.5 Å². The first kappa shape index (κ1) is 10.8. The molecule has 0 bridgehead atoms. The van der Waals surface area contributed by atoms with E-state index in [9.17, 15) is 13.2 Å². The van der Waals surface area contributed by atoms with E-state index in [1.807, 2.05) is 0 Å². The molecular weight excluding hydrogens is 214 g/mol. The molecule has 0 spiro atoms. The van der Waals surface area contributed by atoms with Gasteiger partial charge in [0.1, 0.15) is 0 Å². The molecule has 0 aliphatic heterocycles. The number of carbonyl (C=O) groups is 1. The van der Waals surface area contributed by atoms with Crippen LogP contribution in [0, 0.1) is 0 Å². The Labute approximate surface area is 56.0 Å². The molecule has 0 heterocycles. The molecule has 0 saturated heterocycles. The van der Waals surface area contributed by atoms with Crippen molar-refractivity contribution in [1.82, 2.24) is 0 Å². The molecule has 51 valence electrons. The number of nitrogens with two attached hydrogens (primary N) is 1. The molecule has 1 amide bonds. The maximum atomic E-state index is 10.7. The minimum atomic E-state index is -4.86. The second-order valence-corrected chi connectivity index (χ2v) is 0.862. The first-order valence-corrected chi connectivity index (χ1v) is 1.31. The summed E-state index contributed by atoms with van der Waals surface area (Å²) < 4.78 is 32.1. The average Bonchev–Trinajstić information content (AvgIpc) is 1.31. The topological polar surface area (TPSA) is 43.1 Å². The van der Waals surface area contributed by atoms with Crippen molar-refractivity contribution < 1.29 is 37.4 Å². The number of hydrogen-bond acceptors (Lipinski definition) is 1. The summed E-state index contributed by atoms with van der Waals surface area (Å²) in [4.78, 5) is 9.12. The molecule has 0 atom stereocenters. The maximum Gasteiger partial charge on any atom is 0.470 e. The van der Waals surface area contributed by atoms with Crippen molar-refractivity contribution in [3.8, 4) is 0 Å². The van der Waals surface area contributed by atoms with Crippen molar-refractivity contribution >= 4 is 5.91 Å². The first-order chi connectivity index (χ1) is 2.94. The summed E-state index contributed by atoms with van der Waals surface area (Å²) in [5.41, 5.74) is 3.81. The molecule has 6 heteroatoms. The van der Waals surface area contributed by atoms with Crippen LogP contribution in [-0.2, 0) is 24.3 Å². The Morgan fingerprint density at radius 2 is 1.50 bits per heavy atom. The largest absolute Gasteiger partial charge is 0.470 e. The Hall–Kier alpha value is -0.117. The van der Waals surface area contributed by atoms with Crippen LogP contribution in [0.1, 0.15) is 0 Å². The fourth-order valence-electron chi connectivity index (χ4n) is 0. The number of carbonyl (C=O) groups excluding carboxylic acids is 1. The summed E-state index contributed by atoms with van der Waals surface area (Å²) in [5.74, 6) is -2.26. The van der Waals surface area contributed by atoms with E-state index in [0.29, 0.717) is 0 Å². The Kier molecular flexibility index (Phi) is 4.07. The van der Waals surface area contributed by atoms with E-state index in [4.69, 9.17) is 4.79 Å². The van der Waals surface area contributed by atoms with Gasteiger partial charge in [-0.3, -0.25) is 4.79 Å². The molecule has 2 nitrogen and oxygen atoms in total. The molecule has 0 aromatic heterocycles. The summed E-state index contributed by atoms with van der Waals surface area (Å²) in [5, 5.41) is 0.